The molecule has 1 aromatic carbocycles. The number of rotatable bonds is 4. The van der Waals surface area contributed by atoms with Crippen molar-refractivity contribution in [3.05, 3.63) is 44.9 Å². The van der Waals surface area contributed by atoms with E-state index in [0.29, 0.717) is 4.83 Å². The molecular formula is C12H12BrClN2S. The molecule has 0 spiro atoms. The van der Waals surface area contributed by atoms with Crippen molar-refractivity contribution >= 4 is 38.9 Å². The van der Waals surface area contributed by atoms with Crippen LogP contribution in [-0.2, 0) is 6.42 Å². The Bertz CT molecular complexity index is 484. The molecule has 0 saturated heterocycles. The monoisotopic (exact) mass is 330 g/mol. The standard InChI is InChI=1S/C12H12BrClN2S/c1-2-10(13)12-16-15-11(17-12)7-8-3-5-9(14)6-4-8/h3-6,10H,2,7H2,1H3. The molecule has 1 aromatic heterocycles. The molecule has 0 N–H and O–H groups in total. The molecule has 2 nitrogen and oxygen atoms in total. The van der Waals surface area contributed by atoms with E-state index in [9.17, 15) is 0 Å². The number of nitrogens with zero attached hydrogens (tertiary/aromatic N) is 2. The topological polar surface area (TPSA) is 25.8 Å². The Morgan fingerprint density at radius 1 is 1.29 bits per heavy atom. The predicted octanol–water partition coefficient (Wildman–Crippen LogP) is 4.63. The molecule has 0 amide bonds. The van der Waals surface area contributed by atoms with Gasteiger partial charge < -0.3 is 0 Å². The zero-order chi connectivity index (χ0) is 12.3. The van der Waals surface area contributed by atoms with Crippen LogP contribution in [0.15, 0.2) is 24.3 Å². The van der Waals surface area contributed by atoms with E-state index in [1.807, 2.05) is 24.3 Å². The number of alkyl halides is 1. The molecule has 90 valence electrons. The van der Waals surface area contributed by atoms with E-state index >= 15 is 0 Å². The molecule has 17 heavy (non-hydrogen) atoms. The van der Waals surface area contributed by atoms with Crippen LogP contribution in [0.5, 0.6) is 0 Å². The minimum absolute atomic E-state index is 0.318. The molecule has 5 heteroatoms. The Labute approximate surface area is 118 Å². The van der Waals surface area contributed by atoms with Gasteiger partial charge in [0.2, 0.25) is 0 Å². The summed E-state index contributed by atoms with van der Waals surface area (Å²) in [6.07, 6.45) is 1.84. The number of aromatic nitrogens is 2. The van der Waals surface area contributed by atoms with Crippen LogP contribution in [0.1, 0.15) is 33.8 Å². The number of halogens is 2. The van der Waals surface area contributed by atoms with Crippen molar-refractivity contribution < 1.29 is 0 Å². The lowest BCUT2D eigenvalue weighted by atomic mass is 10.2. The van der Waals surface area contributed by atoms with Crippen LogP contribution in [0, 0.1) is 0 Å². The maximum absolute atomic E-state index is 5.85. The lowest BCUT2D eigenvalue weighted by Crippen LogP contribution is -1.86. The highest BCUT2D eigenvalue weighted by Crippen LogP contribution is 2.29. The molecule has 0 aliphatic heterocycles. The number of hydrogen-bond acceptors (Lipinski definition) is 3. The highest BCUT2D eigenvalue weighted by molar-refractivity contribution is 9.09. The van der Waals surface area contributed by atoms with Crippen molar-refractivity contribution in [2.24, 2.45) is 0 Å². The first kappa shape index (κ1) is 13.0. The lowest BCUT2D eigenvalue weighted by Gasteiger charge is -1.99. The molecule has 1 atom stereocenters. The number of benzene rings is 1. The van der Waals surface area contributed by atoms with Gasteiger partial charge >= 0.3 is 0 Å². The first-order valence-corrected chi connectivity index (χ1v) is 7.51. The van der Waals surface area contributed by atoms with Gasteiger partial charge in [0.15, 0.2) is 0 Å². The average Bonchev–Trinajstić information content (AvgIpc) is 2.80. The second-order valence-corrected chi connectivity index (χ2v) is 6.35. The van der Waals surface area contributed by atoms with Crippen molar-refractivity contribution in [3.8, 4) is 0 Å². The Morgan fingerprint density at radius 2 is 2.00 bits per heavy atom. The summed E-state index contributed by atoms with van der Waals surface area (Å²) in [5, 5.41) is 11.3. The third kappa shape index (κ3) is 3.50. The maximum Gasteiger partial charge on any atom is 0.131 e. The summed E-state index contributed by atoms with van der Waals surface area (Å²) in [6.45, 7) is 2.12. The van der Waals surface area contributed by atoms with Crippen LogP contribution in [0.4, 0.5) is 0 Å². The second kappa shape index (κ2) is 5.94. The quantitative estimate of drug-likeness (QED) is 0.763. The van der Waals surface area contributed by atoms with Crippen molar-refractivity contribution in [2.75, 3.05) is 0 Å². The Morgan fingerprint density at radius 3 is 2.65 bits per heavy atom. The summed E-state index contributed by atoms with van der Waals surface area (Å²) in [6, 6.07) is 7.85. The second-order valence-electron chi connectivity index (χ2n) is 3.71. The van der Waals surface area contributed by atoms with Crippen LogP contribution in [-0.4, -0.2) is 10.2 Å². The largest absolute Gasteiger partial charge is 0.143 e. The summed E-state index contributed by atoms with van der Waals surface area (Å²) in [5.74, 6) is 0. The summed E-state index contributed by atoms with van der Waals surface area (Å²) in [4.78, 5) is 0.318. The smallest absolute Gasteiger partial charge is 0.131 e. The van der Waals surface area contributed by atoms with Gasteiger partial charge in [-0.2, -0.15) is 0 Å². The SMILES string of the molecule is CCC(Br)c1nnc(Cc2ccc(Cl)cc2)s1. The van der Waals surface area contributed by atoms with E-state index in [1.165, 1.54) is 5.56 Å². The summed E-state index contributed by atoms with van der Waals surface area (Å²) >= 11 is 11.1. The molecule has 0 radical (unpaired) electrons. The van der Waals surface area contributed by atoms with Gasteiger partial charge in [-0.15, -0.1) is 10.2 Å². The van der Waals surface area contributed by atoms with Gasteiger partial charge in [0.05, 0.1) is 4.83 Å². The molecule has 0 aliphatic rings. The fourth-order valence-corrected chi connectivity index (χ4v) is 2.85. The predicted molar refractivity (Wildman–Crippen MR) is 76.1 cm³/mol. The summed E-state index contributed by atoms with van der Waals surface area (Å²) in [7, 11) is 0. The Balaban J connectivity index is 2.08. The van der Waals surface area contributed by atoms with Crippen LogP contribution >= 0.6 is 38.9 Å². The van der Waals surface area contributed by atoms with E-state index < -0.39 is 0 Å². The van der Waals surface area contributed by atoms with E-state index in [1.54, 1.807) is 11.3 Å². The van der Waals surface area contributed by atoms with Gasteiger partial charge in [0.25, 0.3) is 0 Å². The molecule has 1 heterocycles. The maximum atomic E-state index is 5.85. The fraction of sp³-hybridized carbons (Fsp3) is 0.333. The molecular weight excluding hydrogens is 320 g/mol. The van der Waals surface area contributed by atoms with Crippen LogP contribution in [0.25, 0.3) is 0 Å². The number of hydrogen-bond donors (Lipinski definition) is 0. The molecule has 0 fully saturated rings. The molecule has 2 rings (SSSR count). The van der Waals surface area contributed by atoms with E-state index in [4.69, 9.17) is 11.6 Å². The minimum atomic E-state index is 0.318. The molecule has 2 aromatic rings. The average molecular weight is 332 g/mol. The van der Waals surface area contributed by atoms with Gasteiger partial charge in [-0.25, -0.2) is 0 Å². The highest BCUT2D eigenvalue weighted by atomic mass is 79.9. The van der Waals surface area contributed by atoms with Crippen molar-refractivity contribution in [3.63, 3.8) is 0 Å². The molecule has 0 bridgehead atoms. The lowest BCUT2D eigenvalue weighted by molar-refractivity contribution is 0.862. The summed E-state index contributed by atoms with van der Waals surface area (Å²) < 4.78 is 0. The van der Waals surface area contributed by atoms with Crippen molar-refractivity contribution in [1.29, 1.82) is 0 Å². The third-order valence-electron chi connectivity index (χ3n) is 2.38. The molecule has 1 unspecified atom stereocenters. The van der Waals surface area contributed by atoms with Crippen LogP contribution < -0.4 is 0 Å². The van der Waals surface area contributed by atoms with E-state index in [2.05, 4.69) is 33.1 Å². The van der Waals surface area contributed by atoms with Crippen LogP contribution in [0.3, 0.4) is 0 Å². The van der Waals surface area contributed by atoms with E-state index in [0.717, 1.165) is 27.9 Å². The zero-order valence-electron chi connectivity index (χ0n) is 9.36. The molecule has 0 aliphatic carbocycles. The molecule has 0 saturated carbocycles. The Hall–Kier alpha value is -0.450. The highest BCUT2D eigenvalue weighted by Gasteiger charge is 2.11. The first-order valence-electron chi connectivity index (χ1n) is 5.40. The van der Waals surface area contributed by atoms with Gasteiger partial charge in [-0.3, -0.25) is 0 Å². The Kier molecular flexibility index (Phi) is 4.54. The van der Waals surface area contributed by atoms with Gasteiger partial charge in [-0.1, -0.05) is 57.9 Å². The zero-order valence-corrected chi connectivity index (χ0v) is 12.5. The van der Waals surface area contributed by atoms with Gasteiger partial charge in [0.1, 0.15) is 10.0 Å². The summed E-state index contributed by atoms with van der Waals surface area (Å²) in [5.41, 5.74) is 1.21. The first-order chi connectivity index (χ1) is 8.19. The van der Waals surface area contributed by atoms with Crippen molar-refractivity contribution in [1.82, 2.24) is 10.2 Å². The fourth-order valence-electron chi connectivity index (χ4n) is 1.42. The third-order valence-corrected chi connectivity index (χ3v) is 5.05. The van der Waals surface area contributed by atoms with Crippen molar-refractivity contribution in [2.45, 2.75) is 24.6 Å². The normalized spacial score (nSPS) is 12.6. The van der Waals surface area contributed by atoms with Crippen LogP contribution in [0.2, 0.25) is 5.02 Å². The minimum Gasteiger partial charge on any atom is -0.143 e. The van der Waals surface area contributed by atoms with E-state index in [-0.39, 0.29) is 0 Å². The van der Waals surface area contributed by atoms with Gasteiger partial charge in [0, 0.05) is 11.4 Å². The van der Waals surface area contributed by atoms with Gasteiger partial charge in [-0.05, 0) is 24.1 Å².